The molecule has 0 aliphatic heterocycles. The second-order valence-corrected chi connectivity index (χ2v) is 11.2. The predicted octanol–water partition coefficient (Wildman–Crippen LogP) is 6.82. The van der Waals surface area contributed by atoms with Gasteiger partial charge in [0.15, 0.2) is 0 Å². The highest BCUT2D eigenvalue weighted by Gasteiger charge is 2.44. The van der Waals surface area contributed by atoms with Crippen LogP contribution >= 0.6 is 0 Å². The average Bonchev–Trinajstić information content (AvgIpc) is 3.53. The molecule has 1 saturated carbocycles. The number of carbonyl (C=O) groups is 3. The van der Waals surface area contributed by atoms with E-state index < -0.39 is 23.4 Å². The van der Waals surface area contributed by atoms with Gasteiger partial charge < -0.3 is 14.8 Å². The van der Waals surface area contributed by atoms with Crippen LogP contribution in [0.15, 0.2) is 115 Å². The van der Waals surface area contributed by atoms with Gasteiger partial charge in [-0.3, -0.25) is 9.59 Å². The molecule has 4 aromatic rings. The summed E-state index contributed by atoms with van der Waals surface area (Å²) >= 11 is 0. The molecule has 1 N–H and O–H groups in total. The molecule has 1 amide bonds. The highest BCUT2D eigenvalue weighted by atomic mass is 16.5. The fourth-order valence-electron chi connectivity index (χ4n) is 5.63. The number of benzene rings is 4. The zero-order valence-corrected chi connectivity index (χ0v) is 24.2. The fraction of sp³-hybridized carbons (Fsp3) is 0.270. The SMILES string of the molecule is O=C(CC1(C(=O)N[C@@H](Cc2ccc(-c3ccccc3)cc2)C(=O)OCc2ccccc2)CCCC1)OCc1ccccc1. The highest BCUT2D eigenvalue weighted by Crippen LogP contribution is 2.42. The lowest BCUT2D eigenvalue weighted by molar-refractivity contribution is -0.153. The van der Waals surface area contributed by atoms with Gasteiger partial charge in [-0.2, -0.15) is 0 Å². The van der Waals surface area contributed by atoms with Gasteiger partial charge in [0.1, 0.15) is 19.3 Å². The van der Waals surface area contributed by atoms with E-state index in [4.69, 9.17) is 9.47 Å². The fourth-order valence-corrected chi connectivity index (χ4v) is 5.63. The Kier molecular flexibility index (Phi) is 10.0. The van der Waals surface area contributed by atoms with Crippen molar-refractivity contribution in [1.82, 2.24) is 5.32 Å². The molecule has 1 atom stereocenters. The van der Waals surface area contributed by atoms with Gasteiger partial charge in [-0.25, -0.2) is 4.79 Å². The van der Waals surface area contributed by atoms with E-state index in [1.165, 1.54) is 0 Å². The highest BCUT2D eigenvalue weighted by molar-refractivity contribution is 5.91. The third-order valence-electron chi connectivity index (χ3n) is 8.08. The molecule has 220 valence electrons. The van der Waals surface area contributed by atoms with E-state index in [1.54, 1.807) is 0 Å². The quantitative estimate of drug-likeness (QED) is 0.188. The summed E-state index contributed by atoms with van der Waals surface area (Å²) < 4.78 is 11.2. The van der Waals surface area contributed by atoms with Crippen molar-refractivity contribution in [3.63, 3.8) is 0 Å². The Morgan fingerprint density at radius 1 is 0.628 bits per heavy atom. The summed E-state index contributed by atoms with van der Waals surface area (Å²) in [6.07, 6.45) is 3.05. The van der Waals surface area contributed by atoms with Crippen LogP contribution in [0.4, 0.5) is 0 Å². The zero-order chi connectivity index (χ0) is 29.9. The number of hydrogen-bond donors (Lipinski definition) is 1. The molecule has 0 heterocycles. The van der Waals surface area contributed by atoms with Gasteiger partial charge in [0, 0.05) is 6.42 Å². The third kappa shape index (κ3) is 8.19. The van der Waals surface area contributed by atoms with Gasteiger partial charge >= 0.3 is 11.9 Å². The van der Waals surface area contributed by atoms with Crippen molar-refractivity contribution in [2.75, 3.05) is 0 Å². The maximum absolute atomic E-state index is 13.9. The molecule has 0 saturated heterocycles. The van der Waals surface area contributed by atoms with Gasteiger partial charge in [-0.05, 0) is 40.7 Å². The summed E-state index contributed by atoms with van der Waals surface area (Å²) in [5.74, 6) is -1.23. The lowest BCUT2D eigenvalue weighted by atomic mass is 9.81. The molecule has 0 unspecified atom stereocenters. The second-order valence-electron chi connectivity index (χ2n) is 11.2. The summed E-state index contributed by atoms with van der Waals surface area (Å²) in [5.41, 5.74) is 3.90. The minimum Gasteiger partial charge on any atom is -0.461 e. The Balaban J connectivity index is 1.29. The largest absolute Gasteiger partial charge is 0.461 e. The zero-order valence-electron chi connectivity index (χ0n) is 24.2. The third-order valence-corrected chi connectivity index (χ3v) is 8.08. The molecular weight excluding hydrogens is 538 g/mol. The summed E-state index contributed by atoms with van der Waals surface area (Å²) in [6, 6.07) is 36.0. The minimum absolute atomic E-state index is 0.0246. The first-order chi connectivity index (χ1) is 21.0. The van der Waals surface area contributed by atoms with Crippen LogP contribution in [-0.2, 0) is 43.5 Å². The Morgan fingerprint density at radius 3 is 1.72 bits per heavy atom. The van der Waals surface area contributed by atoms with E-state index in [9.17, 15) is 14.4 Å². The van der Waals surface area contributed by atoms with E-state index in [-0.39, 0.29) is 32.0 Å². The number of carbonyl (C=O) groups excluding carboxylic acids is 3. The van der Waals surface area contributed by atoms with Crippen LogP contribution in [0, 0.1) is 5.41 Å². The van der Waals surface area contributed by atoms with Crippen LogP contribution in [0.3, 0.4) is 0 Å². The molecular formula is C37H37NO5. The lowest BCUT2D eigenvalue weighted by Gasteiger charge is -2.29. The molecule has 0 radical (unpaired) electrons. The monoisotopic (exact) mass is 575 g/mol. The Labute approximate surface area is 253 Å². The number of nitrogens with one attached hydrogen (secondary N) is 1. The van der Waals surface area contributed by atoms with E-state index in [0.29, 0.717) is 12.8 Å². The Bertz CT molecular complexity index is 1480. The summed E-state index contributed by atoms with van der Waals surface area (Å²) in [7, 11) is 0. The van der Waals surface area contributed by atoms with Crippen molar-refractivity contribution in [1.29, 1.82) is 0 Å². The Hall–Kier alpha value is -4.71. The minimum atomic E-state index is -0.914. The van der Waals surface area contributed by atoms with E-state index in [2.05, 4.69) is 5.32 Å². The van der Waals surface area contributed by atoms with Crippen molar-refractivity contribution in [2.24, 2.45) is 5.41 Å². The summed E-state index contributed by atoms with van der Waals surface area (Å²) in [6.45, 7) is 0.265. The first-order valence-electron chi connectivity index (χ1n) is 14.9. The number of rotatable bonds is 12. The molecule has 5 rings (SSSR count). The van der Waals surface area contributed by atoms with Crippen LogP contribution < -0.4 is 5.32 Å². The maximum atomic E-state index is 13.9. The first kappa shape index (κ1) is 29.8. The van der Waals surface area contributed by atoms with Crippen LogP contribution in [0.5, 0.6) is 0 Å². The standard InChI is InChI=1S/C37H37NO5/c39-34(42-26-29-12-4-1-5-13-29)25-37(22-10-11-23-37)36(41)38-33(35(40)43-27-30-14-6-2-7-15-30)24-28-18-20-32(21-19-28)31-16-8-3-9-17-31/h1-9,12-21,33H,10-11,22-27H2,(H,38,41)/t33-/m0/s1. The predicted molar refractivity (Wildman–Crippen MR) is 166 cm³/mol. The second kappa shape index (κ2) is 14.5. The molecule has 1 fully saturated rings. The van der Waals surface area contributed by atoms with Crippen LogP contribution in [0.1, 0.15) is 48.8 Å². The van der Waals surface area contributed by atoms with Crippen molar-refractivity contribution in [3.05, 3.63) is 132 Å². The van der Waals surface area contributed by atoms with E-state index in [1.807, 2.05) is 115 Å². The molecule has 6 heteroatoms. The van der Waals surface area contributed by atoms with Gasteiger partial charge in [0.05, 0.1) is 11.8 Å². The van der Waals surface area contributed by atoms with E-state index in [0.717, 1.165) is 40.7 Å². The molecule has 1 aliphatic rings. The molecule has 6 nitrogen and oxygen atoms in total. The molecule has 0 spiro atoms. The molecule has 1 aliphatic carbocycles. The number of amides is 1. The molecule has 4 aromatic carbocycles. The molecule has 0 bridgehead atoms. The number of esters is 2. The number of hydrogen-bond acceptors (Lipinski definition) is 5. The van der Waals surface area contributed by atoms with Crippen LogP contribution in [0.2, 0.25) is 0 Å². The van der Waals surface area contributed by atoms with Gasteiger partial charge in [-0.15, -0.1) is 0 Å². The average molecular weight is 576 g/mol. The van der Waals surface area contributed by atoms with Gasteiger partial charge in [-0.1, -0.05) is 128 Å². The number of ether oxygens (including phenoxy) is 2. The van der Waals surface area contributed by atoms with Crippen LogP contribution in [0.25, 0.3) is 11.1 Å². The van der Waals surface area contributed by atoms with Crippen molar-refractivity contribution < 1.29 is 23.9 Å². The van der Waals surface area contributed by atoms with Crippen LogP contribution in [-0.4, -0.2) is 23.9 Å². The summed E-state index contributed by atoms with van der Waals surface area (Å²) in [4.78, 5) is 40.2. The first-order valence-corrected chi connectivity index (χ1v) is 14.9. The lowest BCUT2D eigenvalue weighted by Crippen LogP contribution is -2.50. The van der Waals surface area contributed by atoms with Gasteiger partial charge in [0.2, 0.25) is 5.91 Å². The molecule has 0 aromatic heterocycles. The maximum Gasteiger partial charge on any atom is 0.329 e. The van der Waals surface area contributed by atoms with Gasteiger partial charge in [0.25, 0.3) is 0 Å². The topological polar surface area (TPSA) is 81.7 Å². The summed E-state index contributed by atoms with van der Waals surface area (Å²) in [5, 5.41) is 2.99. The molecule has 43 heavy (non-hydrogen) atoms. The smallest absolute Gasteiger partial charge is 0.329 e. The Morgan fingerprint density at radius 2 is 1.14 bits per heavy atom. The van der Waals surface area contributed by atoms with Crippen molar-refractivity contribution in [3.8, 4) is 11.1 Å². The van der Waals surface area contributed by atoms with Crippen molar-refractivity contribution in [2.45, 2.75) is 57.8 Å². The van der Waals surface area contributed by atoms with Crippen molar-refractivity contribution >= 4 is 17.8 Å². The van der Waals surface area contributed by atoms with E-state index >= 15 is 0 Å². The normalized spacial score (nSPS) is 14.4.